The molecule has 0 N–H and O–H groups in total. The maximum atomic E-state index is 4.39. The van der Waals surface area contributed by atoms with Gasteiger partial charge in [-0.15, -0.1) is 5.10 Å². The van der Waals surface area contributed by atoms with E-state index in [1.54, 1.807) is 0 Å². The SMILES string of the molecule is CC(C)Cc1c(CC(C)(C)C)nnn1C(C)C. The van der Waals surface area contributed by atoms with Gasteiger partial charge in [0.05, 0.1) is 11.4 Å². The number of hydrogen-bond acceptors (Lipinski definition) is 2. The first kappa shape index (κ1) is 14.2. The van der Waals surface area contributed by atoms with Crippen LogP contribution in [-0.2, 0) is 12.8 Å². The van der Waals surface area contributed by atoms with Crippen molar-refractivity contribution in [3.05, 3.63) is 11.4 Å². The molecule has 17 heavy (non-hydrogen) atoms. The Kier molecular flexibility index (Phi) is 4.34. The smallest absolute Gasteiger partial charge is 0.0864 e. The highest BCUT2D eigenvalue weighted by Crippen LogP contribution is 2.24. The van der Waals surface area contributed by atoms with Crippen molar-refractivity contribution in [2.45, 2.75) is 67.3 Å². The summed E-state index contributed by atoms with van der Waals surface area (Å²) >= 11 is 0. The van der Waals surface area contributed by atoms with Gasteiger partial charge in [0.1, 0.15) is 0 Å². The lowest BCUT2D eigenvalue weighted by atomic mass is 9.89. The fourth-order valence-electron chi connectivity index (χ4n) is 2.00. The van der Waals surface area contributed by atoms with Crippen molar-refractivity contribution in [3.63, 3.8) is 0 Å². The van der Waals surface area contributed by atoms with Gasteiger partial charge >= 0.3 is 0 Å². The molecule has 0 saturated carbocycles. The van der Waals surface area contributed by atoms with Crippen LogP contribution in [0.2, 0.25) is 0 Å². The van der Waals surface area contributed by atoms with E-state index in [0.29, 0.717) is 12.0 Å². The molecule has 0 aromatic carbocycles. The van der Waals surface area contributed by atoms with Crippen LogP contribution in [0.4, 0.5) is 0 Å². The predicted molar refractivity (Wildman–Crippen MR) is 72.1 cm³/mol. The second-order valence-corrected chi connectivity index (χ2v) is 6.86. The highest BCUT2D eigenvalue weighted by Gasteiger charge is 2.21. The van der Waals surface area contributed by atoms with Crippen LogP contribution < -0.4 is 0 Å². The third-order valence-electron chi connectivity index (χ3n) is 2.66. The highest BCUT2D eigenvalue weighted by atomic mass is 15.4. The average Bonchev–Trinajstić information content (AvgIpc) is 2.45. The summed E-state index contributed by atoms with van der Waals surface area (Å²) < 4.78 is 2.08. The van der Waals surface area contributed by atoms with Crippen molar-refractivity contribution < 1.29 is 0 Å². The summed E-state index contributed by atoms with van der Waals surface area (Å²) in [5.41, 5.74) is 2.77. The molecule has 0 atom stereocenters. The molecule has 1 aromatic rings. The zero-order valence-electron chi connectivity index (χ0n) is 12.4. The van der Waals surface area contributed by atoms with E-state index in [9.17, 15) is 0 Å². The summed E-state index contributed by atoms with van der Waals surface area (Å²) in [4.78, 5) is 0. The molecule has 0 amide bonds. The summed E-state index contributed by atoms with van der Waals surface area (Å²) in [5, 5.41) is 8.71. The van der Waals surface area contributed by atoms with Crippen LogP contribution in [0.1, 0.15) is 65.9 Å². The van der Waals surface area contributed by atoms with E-state index in [1.807, 2.05) is 0 Å². The van der Waals surface area contributed by atoms with E-state index >= 15 is 0 Å². The Labute approximate surface area is 106 Å². The third kappa shape index (κ3) is 4.14. The molecule has 3 heteroatoms. The van der Waals surface area contributed by atoms with Crippen LogP contribution >= 0.6 is 0 Å². The summed E-state index contributed by atoms with van der Waals surface area (Å²) in [5.74, 6) is 0.643. The average molecular weight is 237 g/mol. The monoisotopic (exact) mass is 237 g/mol. The number of hydrogen-bond donors (Lipinski definition) is 0. The Morgan fingerprint density at radius 1 is 1.12 bits per heavy atom. The van der Waals surface area contributed by atoms with E-state index in [0.717, 1.165) is 12.8 Å². The van der Waals surface area contributed by atoms with Gasteiger partial charge in [0, 0.05) is 6.04 Å². The van der Waals surface area contributed by atoms with Crippen molar-refractivity contribution in [3.8, 4) is 0 Å². The molecule has 1 heterocycles. The Morgan fingerprint density at radius 3 is 2.12 bits per heavy atom. The molecule has 0 fully saturated rings. The molecule has 0 bridgehead atoms. The molecule has 1 rings (SSSR count). The van der Waals surface area contributed by atoms with Gasteiger partial charge in [-0.25, -0.2) is 4.68 Å². The van der Waals surface area contributed by atoms with Crippen LogP contribution in [0.3, 0.4) is 0 Å². The summed E-state index contributed by atoms with van der Waals surface area (Å²) in [6.45, 7) is 15.6. The van der Waals surface area contributed by atoms with Gasteiger partial charge in [-0.2, -0.15) is 0 Å². The van der Waals surface area contributed by atoms with Crippen LogP contribution in [0.15, 0.2) is 0 Å². The number of nitrogens with zero attached hydrogens (tertiary/aromatic N) is 3. The zero-order chi connectivity index (χ0) is 13.2. The molecule has 0 aliphatic heterocycles. The lowest BCUT2D eigenvalue weighted by molar-refractivity contribution is 0.403. The maximum absolute atomic E-state index is 4.39. The molecule has 0 unspecified atom stereocenters. The summed E-state index contributed by atoms with van der Waals surface area (Å²) in [6, 6.07) is 0.393. The molecule has 0 radical (unpaired) electrons. The van der Waals surface area contributed by atoms with Crippen LogP contribution in [0.25, 0.3) is 0 Å². The molecule has 3 nitrogen and oxygen atoms in total. The van der Waals surface area contributed by atoms with Crippen molar-refractivity contribution in [1.82, 2.24) is 15.0 Å². The van der Waals surface area contributed by atoms with Crippen molar-refractivity contribution in [2.75, 3.05) is 0 Å². The van der Waals surface area contributed by atoms with Gasteiger partial charge in [0.25, 0.3) is 0 Å². The normalized spacial score (nSPS) is 12.8. The summed E-state index contributed by atoms with van der Waals surface area (Å²) in [6.07, 6.45) is 2.07. The minimum absolute atomic E-state index is 0.267. The standard InChI is InChI=1S/C14H27N3/c1-10(2)8-13-12(9-14(5,6)7)15-16-17(13)11(3)4/h10-11H,8-9H2,1-7H3. The van der Waals surface area contributed by atoms with E-state index in [2.05, 4.69) is 63.5 Å². The molecule has 0 saturated heterocycles. The zero-order valence-corrected chi connectivity index (χ0v) is 12.4. The second-order valence-electron chi connectivity index (χ2n) is 6.86. The maximum Gasteiger partial charge on any atom is 0.0864 e. The van der Waals surface area contributed by atoms with Gasteiger partial charge in [0.2, 0.25) is 0 Å². The molecular weight excluding hydrogens is 210 g/mol. The molecule has 0 aliphatic rings. The van der Waals surface area contributed by atoms with Gasteiger partial charge in [-0.05, 0) is 38.0 Å². The van der Waals surface area contributed by atoms with E-state index in [4.69, 9.17) is 0 Å². The Bertz CT molecular complexity index is 356. The predicted octanol–water partition coefficient (Wildman–Crippen LogP) is 3.65. The largest absolute Gasteiger partial charge is 0.247 e. The minimum Gasteiger partial charge on any atom is -0.247 e. The van der Waals surface area contributed by atoms with Crippen molar-refractivity contribution >= 4 is 0 Å². The van der Waals surface area contributed by atoms with Crippen LogP contribution in [-0.4, -0.2) is 15.0 Å². The topological polar surface area (TPSA) is 30.7 Å². The Balaban J connectivity index is 3.04. The minimum atomic E-state index is 0.267. The van der Waals surface area contributed by atoms with Crippen LogP contribution in [0.5, 0.6) is 0 Å². The van der Waals surface area contributed by atoms with Crippen molar-refractivity contribution in [1.29, 1.82) is 0 Å². The molecule has 98 valence electrons. The lowest BCUT2D eigenvalue weighted by Gasteiger charge is -2.18. The van der Waals surface area contributed by atoms with Crippen LogP contribution in [0, 0.1) is 11.3 Å². The summed E-state index contributed by atoms with van der Waals surface area (Å²) in [7, 11) is 0. The third-order valence-corrected chi connectivity index (χ3v) is 2.66. The van der Waals surface area contributed by atoms with E-state index < -0.39 is 0 Å². The first-order chi connectivity index (χ1) is 7.70. The van der Waals surface area contributed by atoms with Gasteiger partial charge < -0.3 is 0 Å². The van der Waals surface area contributed by atoms with Gasteiger partial charge in [-0.3, -0.25) is 0 Å². The molecule has 1 aromatic heterocycles. The van der Waals surface area contributed by atoms with E-state index in [1.165, 1.54) is 11.4 Å². The quantitative estimate of drug-likeness (QED) is 0.800. The molecule has 0 aliphatic carbocycles. The van der Waals surface area contributed by atoms with Crippen molar-refractivity contribution in [2.24, 2.45) is 11.3 Å². The van der Waals surface area contributed by atoms with Gasteiger partial charge in [0.15, 0.2) is 0 Å². The Hall–Kier alpha value is -0.860. The number of rotatable bonds is 4. The molecule has 0 spiro atoms. The highest BCUT2D eigenvalue weighted by molar-refractivity contribution is 5.13. The first-order valence-electron chi connectivity index (χ1n) is 6.63. The second kappa shape index (κ2) is 5.19. The fraction of sp³-hybridized carbons (Fsp3) is 0.857. The Morgan fingerprint density at radius 2 is 1.71 bits per heavy atom. The van der Waals surface area contributed by atoms with E-state index in [-0.39, 0.29) is 5.41 Å². The lowest BCUT2D eigenvalue weighted by Crippen LogP contribution is -2.14. The fourth-order valence-corrected chi connectivity index (χ4v) is 2.00. The first-order valence-corrected chi connectivity index (χ1v) is 6.63. The van der Waals surface area contributed by atoms with Gasteiger partial charge in [-0.1, -0.05) is 39.8 Å². The molecular formula is C14H27N3. The number of aromatic nitrogens is 3.